The molecule has 0 N–H and O–H groups in total. The predicted molar refractivity (Wildman–Crippen MR) is 116 cm³/mol. The Morgan fingerprint density at radius 2 is 1.72 bits per heavy atom. The number of aryl methyl sites for hydroxylation is 1. The van der Waals surface area contributed by atoms with Crippen molar-refractivity contribution in [1.29, 1.82) is 0 Å². The van der Waals surface area contributed by atoms with Gasteiger partial charge in [0.1, 0.15) is 0 Å². The highest BCUT2D eigenvalue weighted by atomic mass is 79.9. The molecule has 0 saturated heterocycles. The zero-order valence-electron chi connectivity index (χ0n) is 15.7. The lowest BCUT2D eigenvalue weighted by Gasteiger charge is -2.15. The molecule has 0 atom stereocenters. The fourth-order valence-corrected chi connectivity index (χ4v) is 4.11. The summed E-state index contributed by atoms with van der Waals surface area (Å²) in [5.74, 6) is 0.694. The largest absolute Gasteiger partial charge is 0.332 e. The van der Waals surface area contributed by atoms with Crippen molar-refractivity contribution in [2.75, 3.05) is 11.4 Å². The van der Waals surface area contributed by atoms with Crippen molar-refractivity contribution in [2.24, 2.45) is 7.05 Å². The maximum Gasteiger partial charge on any atom is 0.332 e. The minimum atomic E-state index is -0.367. The van der Waals surface area contributed by atoms with E-state index in [1.165, 1.54) is 9.13 Å². The van der Waals surface area contributed by atoms with Crippen LogP contribution in [-0.4, -0.2) is 25.2 Å². The molecule has 0 radical (unpaired) electrons. The molecule has 0 unspecified atom stereocenters. The maximum absolute atomic E-state index is 13.3. The summed E-state index contributed by atoms with van der Waals surface area (Å²) in [6, 6.07) is 17.5. The summed E-state index contributed by atoms with van der Waals surface area (Å²) in [5, 5.41) is 0. The number of hydrogen-bond acceptors (Lipinski definition) is 4. The van der Waals surface area contributed by atoms with Gasteiger partial charge in [-0.3, -0.25) is 13.9 Å². The third-order valence-electron chi connectivity index (χ3n) is 5.32. The highest BCUT2D eigenvalue weighted by molar-refractivity contribution is 9.10. The molecule has 0 spiro atoms. The number of nitrogens with zero attached hydrogens (tertiary/aromatic N) is 5. The molecular weight excluding hydrogens is 434 g/mol. The molecule has 0 aliphatic carbocycles. The van der Waals surface area contributed by atoms with Gasteiger partial charge in [-0.05, 0) is 29.8 Å². The fourth-order valence-electron chi connectivity index (χ4n) is 3.84. The molecule has 146 valence electrons. The highest BCUT2D eigenvalue weighted by Crippen LogP contribution is 2.31. The Balaban J connectivity index is 1.68. The van der Waals surface area contributed by atoms with E-state index in [0.29, 0.717) is 23.7 Å². The molecule has 5 rings (SSSR count). The standard InChI is InChI=1S/C21H18BrN5O2/c1-24-18-17(19(28)27(21(24)29)13-14-7-9-15(22)10-8-14)26-12-11-25(20(26)23-18)16-5-3-2-4-6-16/h2-10H,11-13H2,1H3. The highest BCUT2D eigenvalue weighted by Gasteiger charge is 2.28. The van der Waals surface area contributed by atoms with Crippen LogP contribution in [0.1, 0.15) is 5.56 Å². The zero-order chi connectivity index (χ0) is 20.1. The van der Waals surface area contributed by atoms with Crippen LogP contribution in [0.25, 0.3) is 11.2 Å². The number of imidazole rings is 1. The van der Waals surface area contributed by atoms with Gasteiger partial charge in [0.2, 0.25) is 5.95 Å². The first-order chi connectivity index (χ1) is 14.0. The fraction of sp³-hybridized carbons (Fsp3) is 0.190. The molecule has 0 fully saturated rings. The van der Waals surface area contributed by atoms with Crippen molar-refractivity contribution >= 4 is 38.7 Å². The summed E-state index contributed by atoms with van der Waals surface area (Å²) in [5.41, 5.74) is 2.12. The molecular formula is C21H18BrN5O2. The lowest BCUT2D eigenvalue weighted by Crippen LogP contribution is -2.40. The summed E-state index contributed by atoms with van der Waals surface area (Å²) >= 11 is 3.41. The van der Waals surface area contributed by atoms with E-state index in [1.807, 2.05) is 59.2 Å². The van der Waals surface area contributed by atoms with E-state index in [9.17, 15) is 9.59 Å². The van der Waals surface area contributed by atoms with Crippen LogP contribution < -0.4 is 16.1 Å². The van der Waals surface area contributed by atoms with Crippen LogP contribution in [0.5, 0.6) is 0 Å². The van der Waals surface area contributed by atoms with Crippen molar-refractivity contribution < 1.29 is 0 Å². The van der Waals surface area contributed by atoms with Gasteiger partial charge in [0.15, 0.2) is 11.2 Å². The number of halogens is 1. The monoisotopic (exact) mass is 451 g/mol. The van der Waals surface area contributed by atoms with E-state index >= 15 is 0 Å². The Labute approximate surface area is 174 Å². The van der Waals surface area contributed by atoms with Crippen LogP contribution in [0, 0.1) is 0 Å². The SMILES string of the molecule is Cn1c(=O)n(Cc2ccc(Br)cc2)c(=O)c2c1nc1n2CCN1c1ccccc1. The molecule has 0 bridgehead atoms. The summed E-state index contributed by atoms with van der Waals surface area (Å²) in [7, 11) is 1.66. The van der Waals surface area contributed by atoms with Crippen molar-refractivity contribution in [3.63, 3.8) is 0 Å². The molecule has 1 aliphatic rings. The Hall–Kier alpha value is -3.13. The van der Waals surface area contributed by atoms with E-state index in [4.69, 9.17) is 0 Å². The number of para-hydroxylation sites is 1. The van der Waals surface area contributed by atoms with Crippen LogP contribution >= 0.6 is 15.9 Å². The lowest BCUT2D eigenvalue weighted by molar-refractivity contribution is 0.652. The van der Waals surface area contributed by atoms with Gasteiger partial charge in [0.05, 0.1) is 6.54 Å². The number of aromatic nitrogens is 4. The second kappa shape index (κ2) is 6.73. The molecule has 29 heavy (non-hydrogen) atoms. The van der Waals surface area contributed by atoms with E-state index in [0.717, 1.165) is 22.3 Å². The number of rotatable bonds is 3. The average molecular weight is 452 g/mol. The molecule has 2 aromatic heterocycles. The predicted octanol–water partition coefficient (Wildman–Crippen LogP) is 2.86. The number of benzene rings is 2. The molecule has 1 aliphatic heterocycles. The van der Waals surface area contributed by atoms with Crippen LogP contribution in [0.15, 0.2) is 68.7 Å². The van der Waals surface area contributed by atoms with Crippen molar-refractivity contribution in [3.05, 3.63) is 85.5 Å². The van der Waals surface area contributed by atoms with Crippen LogP contribution in [0.2, 0.25) is 0 Å². The van der Waals surface area contributed by atoms with Gasteiger partial charge in [0.25, 0.3) is 5.56 Å². The first-order valence-electron chi connectivity index (χ1n) is 9.31. The van der Waals surface area contributed by atoms with Gasteiger partial charge in [0, 0.05) is 30.3 Å². The van der Waals surface area contributed by atoms with E-state index < -0.39 is 0 Å². The van der Waals surface area contributed by atoms with Gasteiger partial charge < -0.3 is 9.47 Å². The van der Waals surface area contributed by atoms with Gasteiger partial charge in [-0.1, -0.05) is 46.3 Å². The molecule has 8 heteroatoms. The summed E-state index contributed by atoms with van der Waals surface area (Å²) in [6.07, 6.45) is 0. The average Bonchev–Trinajstić information content (AvgIpc) is 3.31. The van der Waals surface area contributed by atoms with Crippen molar-refractivity contribution in [1.82, 2.24) is 18.7 Å². The Kier molecular flexibility index (Phi) is 4.16. The smallest absolute Gasteiger partial charge is 0.310 e. The Bertz CT molecular complexity index is 1340. The molecule has 0 saturated carbocycles. The summed E-state index contributed by atoms with van der Waals surface area (Å²) < 4.78 is 5.62. The van der Waals surface area contributed by atoms with Crippen LogP contribution in [0.4, 0.5) is 11.6 Å². The third kappa shape index (κ3) is 2.82. The van der Waals surface area contributed by atoms with Crippen LogP contribution in [-0.2, 0) is 20.1 Å². The second-order valence-corrected chi connectivity index (χ2v) is 8.00. The first-order valence-corrected chi connectivity index (χ1v) is 10.1. The summed E-state index contributed by atoms with van der Waals surface area (Å²) in [4.78, 5) is 32.9. The van der Waals surface area contributed by atoms with E-state index in [2.05, 4.69) is 25.8 Å². The van der Waals surface area contributed by atoms with E-state index in [1.54, 1.807) is 7.05 Å². The number of hydrogen-bond donors (Lipinski definition) is 0. The molecule has 4 aromatic rings. The van der Waals surface area contributed by atoms with Crippen molar-refractivity contribution in [2.45, 2.75) is 13.1 Å². The zero-order valence-corrected chi connectivity index (χ0v) is 17.3. The van der Waals surface area contributed by atoms with Gasteiger partial charge in [-0.25, -0.2) is 4.79 Å². The van der Waals surface area contributed by atoms with Crippen LogP contribution in [0.3, 0.4) is 0 Å². The lowest BCUT2D eigenvalue weighted by atomic mass is 10.2. The minimum absolute atomic E-state index is 0.220. The molecule has 0 amide bonds. The second-order valence-electron chi connectivity index (χ2n) is 7.08. The third-order valence-corrected chi connectivity index (χ3v) is 5.85. The normalized spacial score (nSPS) is 13.2. The van der Waals surface area contributed by atoms with Gasteiger partial charge in [-0.15, -0.1) is 0 Å². The Morgan fingerprint density at radius 3 is 2.45 bits per heavy atom. The first kappa shape index (κ1) is 17.9. The van der Waals surface area contributed by atoms with Crippen molar-refractivity contribution in [3.8, 4) is 0 Å². The molecule has 2 aromatic carbocycles. The quantitative estimate of drug-likeness (QED) is 0.480. The van der Waals surface area contributed by atoms with Gasteiger partial charge in [-0.2, -0.15) is 4.98 Å². The molecule has 3 heterocycles. The minimum Gasteiger partial charge on any atom is -0.310 e. The maximum atomic E-state index is 13.3. The summed E-state index contributed by atoms with van der Waals surface area (Å²) in [6.45, 7) is 1.60. The number of fused-ring (bicyclic) bond motifs is 3. The molecule has 7 nitrogen and oxygen atoms in total. The number of anilines is 2. The van der Waals surface area contributed by atoms with Gasteiger partial charge >= 0.3 is 5.69 Å². The topological polar surface area (TPSA) is 65.1 Å². The Morgan fingerprint density at radius 1 is 1.00 bits per heavy atom. The van der Waals surface area contributed by atoms with E-state index in [-0.39, 0.29) is 17.8 Å².